The lowest BCUT2D eigenvalue weighted by Crippen LogP contribution is -2.26. The van der Waals surface area contributed by atoms with Gasteiger partial charge in [0.1, 0.15) is 0 Å². The second-order valence-electron chi connectivity index (χ2n) is 5.45. The van der Waals surface area contributed by atoms with Gasteiger partial charge in [-0.1, -0.05) is 41.4 Å². The molecule has 0 spiro atoms. The highest BCUT2D eigenvalue weighted by molar-refractivity contribution is 7.18. The van der Waals surface area contributed by atoms with Crippen molar-refractivity contribution < 1.29 is 4.79 Å². The van der Waals surface area contributed by atoms with Gasteiger partial charge in [0.15, 0.2) is 0 Å². The molecule has 0 radical (unpaired) electrons. The van der Waals surface area contributed by atoms with Crippen LogP contribution in [0.2, 0.25) is 10.0 Å². The third-order valence-corrected chi connectivity index (χ3v) is 5.41. The molecule has 0 bridgehead atoms. The number of amides is 1. The summed E-state index contributed by atoms with van der Waals surface area (Å²) >= 11 is 13.5. The van der Waals surface area contributed by atoms with Crippen molar-refractivity contribution in [1.82, 2.24) is 10.3 Å². The Labute approximate surface area is 154 Å². The maximum atomic E-state index is 12.0. The van der Waals surface area contributed by atoms with Crippen LogP contribution in [0.5, 0.6) is 0 Å². The fourth-order valence-electron chi connectivity index (χ4n) is 2.39. The number of aromatic nitrogens is 1. The average molecular weight is 379 g/mol. The molecule has 1 heterocycles. The summed E-state index contributed by atoms with van der Waals surface area (Å²) in [4.78, 5) is 16.6. The number of fused-ring (bicyclic) bond motifs is 1. The number of nitrogens with one attached hydrogen (secondary N) is 1. The SMILES string of the molecule is O=C(Cc1ccc(Cl)c(Cl)c1)NCCCc1nc2ccccc2s1. The highest BCUT2D eigenvalue weighted by Gasteiger charge is 2.06. The van der Waals surface area contributed by atoms with E-state index < -0.39 is 0 Å². The van der Waals surface area contributed by atoms with Gasteiger partial charge in [-0.05, 0) is 36.2 Å². The molecule has 3 aromatic rings. The van der Waals surface area contributed by atoms with E-state index in [1.54, 1.807) is 23.5 Å². The molecule has 0 saturated carbocycles. The molecule has 124 valence electrons. The van der Waals surface area contributed by atoms with E-state index >= 15 is 0 Å². The number of rotatable bonds is 6. The van der Waals surface area contributed by atoms with Crippen LogP contribution in [-0.4, -0.2) is 17.4 Å². The Morgan fingerprint density at radius 3 is 2.75 bits per heavy atom. The number of para-hydroxylation sites is 1. The summed E-state index contributed by atoms with van der Waals surface area (Å²) in [5.41, 5.74) is 1.90. The van der Waals surface area contributed by atoms with Crippen molar-refractivity contribution >= 4 is 50.7 Å². The summed E-state index contributed by atoms with van der Waals surface area (Å²) in [6.45, 7) is 0.635. The molecule has 1 aromatic heterocycles. The molecule has 24 heavy (non-hydrogen) atoms. The van der Waals surface area contributed by atoms with Crippen molar-refractivity contribution in [2.75, 3.05) is 6.54 Å². The fourth-order valence-corrected chi connectivity index (χ4v) is 3.72. The summed E-state index contributed by atoms with van der Waals surface area (Å²) in [7, 11) is 0. The summed E-state index contributed by atoms with van der Waals surface area (Å²) in [6.07, 6.45) is 2.04. The van der Waals surface area contributed by atoms with Crippen LogP contribution in [0.25, 0.3) is 10.2 Å². The van der Waals surface area contributed by atoms with E-state index in [4.69, 9.17) is 23.2 Å². The molecule has 0 saturated heterocycles. The van der Waals surface area contributed by atoms with Crippen molar-refractivity contribution in [3.63, 3.8) is 0 Å². The quantitative estimate of drug-likeness (QED) is 0.620. The van der Waals surface area contributed by atoms with Crippen LogP contribution in [0.15, 0.2) is 42.5 Å². The minimum absolute atomic E-state index is 0.0160. The topological polar surface area (TPSA) is 42.0 Å². The van der Waals surface area contributed by atoms with Crippen molar-refractivity contribution in [2.45, 2.75) is 19.3 Å². The molecule has 0 aliphatic carbocycles. The first-order valence-electron chi connectivity index (χ1n) is 7.67. The van der Waals surface area contributed by atoms with Crippen molar-refractivity contribution in [3.05, 3.63) is 63.1 Å². The number of carbonyl (C=O) groups is 1. The molecule has 3 rings (SSSR count). The number of nitrogens with zero attached hydrogens (tertiary/aromatic N) is 1. The first kappa shape index (κ1) is 17.2. The van der Waals surface area contributed by atoms with Gasteiger partial charge >= 0.3 is 0 Å². The van der Waals surface area contributed by atoms with E-state index in [-0.39, 0.29) is 5.91 Å². The number of aryl methyl sites for hydroxylation is 1. The number of halogens is 2. The van der Waals surface area contributed by atoms with E-state index in [9.17, 15) is 4.79 Å². The number of hydrogen-bond donors (Lipinski definition) is 1. The Bertz CT molecular complexity index is 830. The van der Waals surface area contributed by atoms with Gasteiger partial charge < -0.3 is 5.32 Å². The van der Waals surface area contributed by atoms with Crippen LogP contribution in [0.4, 0.5) is 0 Å². The third-order valence-electron chi connectivity index (χ3n) is 3.58. The maximum Gasteiger partial charge on any atom is 0.224 e. The van der Waals surface area contributed by atoms with Crippen LogP contribution in [-0.2, 0) is 17.6 Å². The number of thiazole rings is 1. The summed E-state index contributed by atoms with van der Waals surface area (Å²) < 4.78 is 1.20. The molecule has 6 heteroatoms. The van der Waals surface area contributed by atoms with E-state index in [1.165, 1.54) is 4.70 Å². The average Bonchev–Trinajstić information content (AvgIpc) is 2.98. The molecule has 2 aromatic carbocycles. The normalized spacial score (nSPS) is 10.9. The predicted octanol–water partition coefficient (Wildman–Crippen LogP) is 4.89. The second kappa shape index (κ2) is 7.97. The lowest BCUT2D eigenvalue weighted by atomic mass is 10.1. The highest BCUT2D eigenvalue weighted by Crippen LogP contribution is 2.23. The molecular formula is C18H16Cl2N2OS. The number of hydrogen-bond acceptors (Lipinski definition) is 3. The Balaban J connectivity index is 1.44. The van der Waals surface area contributed by atoms with Gasteiger partial charge in [-0.2, -0.15) is 0 Å². The standard InChI is InChI=1S/C18H16Cl2N2OS/c19-13-8-7-12(10-14(13)20)11-17(23)21-9-3-6-18-22-15-4-1-2-5-16(15)24-18/h1-2,4-5,7-8,10H,3,6,9,11H2,(H,21,23). The molecular weight excluding hydrogens is 363 g/mol. The van der Waals surface area contributed by atoms with Gasteiger partial charge in [0.05, 0.1) is 31.7 Å². The van der Waals surface area contributed by atoms with Gasteiger partial charge in [0.25, 0.3) is 0 Å². The highest BCUT2D eigenvalue weighted by atomic mass is 35.5. The molecule has 0 aliphatic rings. The van der Waals surface area contributed by atoms with Crippen LogP contribution < -0.4 is 5.32 Å². The smallest absolute Gasteiger partial charge is 0.224 e. The predicted molar refractivity (Wildman–Crippen MR) is 101 cm³/mol. The Kier molecular flexibility index (Phi) is 5.72. The lowest BCUT2D eigenvalue weighted by Gasteiger charge is -2.05. The van der Waals surface area contributed by atoms with Crippen LogP contribution in [0.3, 0.4) is 0 Å². The van der Waals surface area contributed by atoms with Gasteiger partial charge in [0, 0.05) is 13.0 Å². The number of carbonyl (C=O) groups excluding carboxylic acids is 1. The third kappa shape index (κ3) is 4.47. The van der Waals surface area contributed by atoms with Crippen LogP contribution in [0, 0.1) is 0 Å². The van der Waals surface area contributed by atoms with E-state index in [1.807, 2.05) is 24.3 Å². The fraction of sp³-hybridized carbons (Fsp3) is 0.222. The van der Waals surface area contributed by atoms with Gasteiger partial charge in [-0.25, -0.2) is 4.98 Å². The Morgan fingerprint density at radius 1 is 1.12 bits per heavy atom. The molecule has 0 unspecified atom stereocenters. The first-order chi connectivity index (χ1) is 11.6. The Morgan fingerprint density at radius 2 is 1.96 bits per heavy atom. The molecule has 0 atom stereocenters. The lowest BCUT2D eigenvalue weighted by molar-refractivity contribution is -0.120. The van der Waals surface area contributed by atoms with E-state index in [0.29, 0.717) is 23.0 Å². The first-order valence-corrected chi connectivity index (χ1v) is 9.24. The van der Waals surface area contributed by atoms with E-state index in [0.717, 1.165) is 28.9 Å². The number of benzene rings is 2. The summed E-state index contributed by atoms with van der Waals surface area (Å²) in [5.74, 6) is -0.0160. The van der Waals surface area contributed by atoms with Gasteiger partial charge in [-0.3, -0.25) is 4.79 Å². The molecule has 1 amide bonds. The molecule has 0 fully saturated rings. The van der Waals surface area contributed by atoms with E-state index in [2.05, 4.69) is 16.4 Å². The van der Waals surface area contributed by atoms with Crippen molar-refractivity contribution in [2.24, 2.45) is 0 Å². The van der Waals surface area contributed by atoms with Crippen LogP contribution in [0.1, 0.15) is 17.0 Å². The van der Waals surface area contributed by atoms with Crippen molar-refractivity contribution in [3.8, 4) is 0 Å². The molecule has 0 aliphatic heterocycles. The molecule has 1 N–H and O–H groups in total. The largest absolute Gasteiger partial charge is 0.356 e. The second-order valence-corrected chi connectivity index (χ2v) is 7.38. The van der Waals surface area contributed by atoms with Crippen molar-refractivity contribution in [1.29, 1.82) is 0 Å². The minimum atomic E-state index is -0.0160. The zero-order chi connectivity index (χ0) is 16.9. The monoisotopic (exact) mass is 378 g/mol. The summed E-state index contributed by atoms with van der Waals surface area (Å²) in [6, 6.07) is 13.4. The van der Waals surface area contributed by atoms with Gasteiger partial charge in [0.2, 0.25) is 5.91 Å². The zero-order valence-electron chi connectivity index (χ0n) is 12.9. The molecule has 3 nitrogen and oxygen atoms in total. The zero-order valence-corrected chi connectivity index (χ0v) is 15.2. The minimum Gasteiger partial charge on any atom is -0.356 e. The van der Waals surface area contributed by atoms with Gasteiger partial charge in [-0.15, -0.1) is 11.3 Å². The summed E-state index contributed by atoms with van der Waals surface area (Å²) in [5, 5.41) is 5.00. The Hall–Kier alpha value is -1.62. The maximum absolute atomic E-state index is 12.0. The van der Waals surface area contributed by atoms with Crippen LogP contribution >= 0.6 is 34.5 Å².